The molecule has 1 aromatic carbocycles. The molecule has 5 N–H and O–H groups in total. The minimum atomic E-state index is -1.38. The smallest absolute Gasteiger partial charge is 0.335 e. The Balaban J connectivity index is 2.39. The first kappa shape index (κ1) is 17.4. The van der Waals surface area contributed by atoms with Crippen LogP contribution in [0.25, 0.3) is 0 Å². The van der Waals surface area contributed by atoms with Crippen molar-refractivity contribution in [2.45, 2.75) is 37.4 Å². The van der Waals surface area contributed by atoms with E-state index in [1.165, 1.54) is 25.1 Å². The van der Waals surface area contributed by atoms with Crippen LogP contribution < -0.4 is 5.32 Å². The molecule has 1 heterocycles. The molecule has 1 amide bonds. The fourth-order valence-corrected chi connectivity index (χ4v) is 2.65. The van der Waals surface area contributed by atoms with E-state index in [0.29, 0.717) is 5.56 Å². The van der Waals surface area contributed by atoms with Gasteiger partial charge < -0.3 is 30.5 Å². The van der Waals surface area contributed by atoms with Crippen LogP contribution in [0.3, 0.4) is 0 Å². The highest BCUT2D eigenvalue weighted by molar-refractivity contribution is 5.87. The van der Waals surface area contributed by atoms with Gasteiger partial charge in [-0.25, -0.2) is 4.79 Å². The van der Waals surface area contributed by atoms with Crippen LogP contribution in [0.4, 0.5) is 0 Å². The summed E-state index contributed by atoms with van der Waals surface area (Å²) in [5.74, 6) is -1.57. The molecule has 1 aliphatic rings. The first-order valence-electron chi connectivity index (χ1n) is 7.08. The number of aliphatic hydroxyl groups excluding tert-OH is 3. The first-order valence-corrected chi connectivity index (χ1v) is 7.08. The van der Waals surface area contributed by atoms with Gasteiger partial charge in [-0.3, -0.25) is 4.79 Å². The summed E-state index contributed by atoms with van der Waals surface area (Å²) in [5.41, 5.74) is 0.432. The summed E-state index contributed by atoms with van der Waals surface area (Å²) in [6, 6.07) is 4.88. The van der Waals surface area contributed by atoms with E-state index in [1.54, 1.807) is 6.07 Å². The Hall–Kier alpha value is -2.00. The van der Waals surface area contributed by atoms with Gasteiger partial charge in [0.15, 0.2) is 0 Å². The van der Waals surface area contributed by atoms with Gasteiger partial charge in [0.05, 0.1) is 18.2 Å². The van der Waals surface area contributed by atoms with Gasteiger partial charge in [-0.15, -0.1) is 0 Å². The molecule has 0 aliphatic carbocycles. The lowest BCUT2D eigenvalue weighted by molar-refractivity contribution is -0.197. The Labute approximate surface area is 132 Å². The molecule has 23 heavy (non-hydrogen) atoms. The molecule has 126 valence electrons. The van der Waals surface area contributed by atoms with Gasteiger partial charge in [-0.1, -0.05) is 12.1 Å². The average Bonchev–Trinajstić information content (AvgIpc) is 2.52. The van der Waals surface area contributed by atoms with Gasteiger partial charge in [0.1, 0.15) is 24.4 Å². The van der Waals surface area contributed by atoms with Crippen molar-refractivity contribution >= 4 is 11.9 Å². The molecular formula is C15H19NO7. The van der Waals surface area contributed by atoms with E-state index in [-0.39, 0.29) is 5.56 Å². The summed E-state index contributed by atoms with van der Waals surface area (Å²) in [5, 5.41) is 41.0. The number of aromatic carboxylic acids is 1. The maximum Gasteiger partial charge on any atom is 0.335 e. The number of carboxylic acid groups (broad SMARTS) is 1. The largest absolute Gasteiger partial charge is 0.478 e. The van der Waals surface area contributed by atoms with Crippen molar-refractivity contribution in [3.05, 3.63) is 35.4 Å². The highest BCUT2D eigenvalue weighted by Gasteiger charge is 2.45. The van der Waals surface area contributed by atoms with Crippen molar-refractivity contribution in [1.29, 1.82) is 0 Å². The molecule has 1 fully saturated rings. The summed E-state index contributed by atoms with van der Waals surface area (Å²) >= 11 is 0. The van der Waals surface area contributed by atoms with Gasteiger partial charge in [-0.05, 0) is 17.7 Å². The Morgan fingerprint density at radius 2 is 1.96 bits per heavy atom. The number of hydrogen-bond donors (Lipinski definition) is 5. The predicted octanol–water partition coefficient (Wildman–Crippen LogP) is -0.956. The van der Waals surface area contributed by atoms with Gasteiger partial charge in [0, 0.05) is 6.92 Å². The summed E-state index contributed by atoms with van der Waals surface area (Å²) in [6.45, 7) is 0.724. The lowest BCUT2D eigenvalue weighted by Crippen LogP contribution is -2.60. The number of benzene rings is 1. The molecule has 1 aromatic rings. The van der Waals surface area contributed by atoms with Crippen LogP contribution in [0.2, 0.25) is 0 Å². The highest BCUT2D eigenvalue weighted by atomic mass is 16.5. The molecule has 8 nitrogen and oxygen atoms in total. The fourth-order valence-electron chi connectivity index (χ4n) is 2.65. The summed E-state index contributed by atoms with van der Waals surface area (Å²) in [7, 11) is 0. The molecular weight excluding hydrogens is 306 g/mol. The zero-order chi connectivity index (χ0) is 17.1. The minimum Gasteiger partial charge on any atom is -0.478 e. The molecule has 8 heteroatoms. The van der Waals surface area contributed by atoms with E-state index in [2.05, 4.69) is 5.32 Å². The van der Waals surface area contributed by atoms with Crippen molar-refractivity contribution in [2.75, 3.05) is 6.61 Å². The van der Waals surface area contributed by atoms with Gasteiger partial charge >= 0.3 is 5.97 Å². The summed E-state index contributed by atoms with van der Waals surface area (Å²) < 4.78 is 5.58. The molecule has 0 aromatic heterocycles. The molecule has 0 spiro atoms. The zero-order valence-electron chi connectivity index (χ0n) is 12.4. The number of aliphatic hydroxyl groups is 3. The van der Waals surface area contributed by atoms with Crippen molar-refractivity contribution in [3.63, 3.8) is 0 Å². The molecule has 1 aliphatic heterocycles. The first-order chi connectivity index (χ1) is 10.8. The summed E-state index contributed by atoms with van der Waals surface area (Å²) in [4.78, 5) is 22.5. The van der Waals surface area contributed by atoms with Crippen molar-refractivity contribution < 1.29 is 34.8 Å². The highest BCUT2D eigenvalue weighted by Crippen LogP contribution is 2.32. The molecule has 0 bridgehead atoms. The third-order valence-electron chi connectivity index (χ3n) is 3.76. The maximum absolute atomic E-state index is 11.4. The lowest BCUT2D eigenvalue weighted by atomic mass is 9.88. The molecule has 0 saturated carbocycles. The van der Waals surface area contributed by atoms with Crippen LogP contribution in [0, 0.1) is 0 Å². The van der Waals surface area contributed by atoms with Crippen LogP contribution in [0.15, 0.2) is 24.3 Å². The standard InChI is InChI=1S/C15H19NO7/c1-7(18)16-11-13(20)12(19)10(6-17)23-14(11)8-3-2-4-9(5-8)15(21)22/h2-5,10-14,17,19-20H,6H2,1H3,(H,16,18)(H,21,22)/t10-,11+,12-,13-,14+/m1/s1. The topological polar surface area (TPSA) is 136 Å². The van der Waals surface area contributed by atoms with Crippen molar-refractivity contribution in [3.8, 4) is 0 Å². The third kappa shape index (κ3) is 3.67. The predicted molar refractivity (Wildman–Crippen MR) is 77.7 cm³/mol. The second kappa shape index (κ2) is 7.05. The van der Waals surface area contributed by atoms with Crippen LogP contribution in [-0.2, 0) is 9.53 Å². The van der Waals surface area contributed by atoms with E-state index >= 15 is 0 Å². The maximum atomic E-state index is 11.4. The van der Waals surface area contributed by atoms with Crippen LogP contribution in [0.1, 0.15) is 28.9 Å². The molecule has 5 atom stereocenters. The minimum absolute atomic E-state index is 0.0221. The number of amides is 1. The van der Waals surface area contributed by atoms with Gasteiger partial charge in [-0.2, -0.15) is 0 Å². The van der Waals surface area contributed by atoms with Gasteiger partial charge in [0.2, 0.25) is 5.91 Å². The second-order valence-corrected chi connectivity index (χ2v) is 5.42. The lowest BCUT2D eigenvalue weighted by Gasteiger charge is -2.42. The second-order valence-electron chi connectivity index (χ2n) is 5.42. The normalized spacial score (nSPS) is 30.7. The number of carbonyl (C=O) groups excluding carboxylic acids is 1. The molecule has 0 unspecified atom stereocenters. The summed E-state index contributed by atoms with van der Waals surface area (Å²) in [6.07, 6.45) is -4.71. The van der Waals surface area contributed by atoms with E-state index in [9.17, 15) is 24.9 Å². The monoisotopic (exact) mass is 325 g/mol. The molecule has 1 saturated heterocycles. The zero-order valence-corrected chi connectivity index (χ0v) is 12.4. The van der Waals surface area contributed by atoms with Gasteiger partial charge in [0.25, 0.3) is 0 Å². The van der Waals surface area contributed by atoms with Crippen LogP contribution in [0.5, 0.6) is 0 Å². The van der Waals surface area contributed by atoms with Crippen LogP contribution >= 0.6 is 0 Å². The van der Waals surface area contributed by atoms with Crippen molar-refractivity contribution in [1.82, 2.24) is 5.32 Å². The Morgan fingerprint density at radius 1 is 1.26 bits per heavy atom. The number of nitrogens with one attached hydrogen (secondary N) is 1. The van der Waals surface area contributed by atoms with Crippen molar-refractivity contribution in [2.24, 2.45) is 0 Å². The Morgan fingerprint density at radius 3 is 2.52 bits per heavy atom. The van der Waals surface area contributed by atoms with Crippen LogP contribution in [-0.4, -0.2) is 63.3 Å². The molecule has 0 radical (unpaired) electrons. The van der Waals surface area contributed by atoms with E-state index in [1.807, 2.05) is 0 Å². The van der Waals surface area contributed by atoms with E-state index in [0.717, 1.165) is 0 Å². The Kier molecular flexibility index (Phi) is 5.32. The van der Waals surface area contributed by atoms with E-state index < -0.39 is 48.9 Å². The SMILES string of the molecule is CC(=O)N[C@H]1[C@@H](O)[C@H](O)[C@@H](CO)O[C@H]1c1cccc(C(=O)O)c1. The Bertz CT molecular complexity index is 591. The number of carbonyl (C=O) groups is 2. The third-order valence-corrected chi connectivity index (χ3v) is 3.76. The number of ether oxygens (including phenoxy) is 1. The van der Waals surface area contributed by atoms with E-state index in [4.69, 9.17) is 9.84 Å². The number of hydrogen-bond acceptors (Lipinski definition) is 6. The number of carboxylic acids is 1. The average molecular weight is 325 g/mol. The quantitative estimate of drug-likeness (QED) is 0.481. The number of rotatable bonds is 4. The molecule has 2 rings (SSSR count). The fraction of sp³-hybridized carbons (Fsp3) is 0.467.